The van der Waals surface area contributed by atoms with Gasteiger partial charge in [-0.15, -0.1) is 0 Å². The Morgan fingerprint density at radius 2 is 1.93 bits per heavy atom. The summed E-state index contributed by atoms with van der Waals surface area (Å²) in [5.74, 6) is 0.425. The molecule has 144 valence electrons. The van der Waals surface area contributed by atoms with Crippen molar-refractivity contribution >= 4 is 28.2 Å². The second-order valence-electron chi connectivity index (χ2n) is 7.08. The van der Waals surface area contributed by atoms with Gasteiger partial charge in [-0.2, -0.15) is 0 Å². The van der Waals surface area contributed by atoms with E-state index in [-0.39, 0.29) is 17.6 Å². The maximum Gasteiger partial charge on any atom is 0.223 e. The minimum Gasteiger partial charge on any atom is -0.361 e. The molecule has 0 atom stereocenters. The zero-order valence-corrected chi connectivity index (χ0v) is 16.6. The summed E-state index contributed by atoms with van der Waals surface area (Å²) in [6.07, 6.45) is 8.13. The van der Waals surface area contributed by atoms with Crippen LogP contribution in [0.3, 0.4) is 0 Å². The van der Waals surface area contributed by atoms with E-state index in [0.29, 0.717) is 11.4 Å². The van der Waals surface area contributed by atoms with Crippen LogP contribution in [-0.4, -0.2) is 29.8 Å². The highest BCUT2D eigenvalue weighted by atomic mass is 32.1. The number of anilines is 1. The van der Waals surface area contributed by atoms with Crippen LogP contribution in [0.15, 0.2) is 30.5 Å². The molecule has 0 spiro atoms. The summed E-state index contributed by atoms with van der Waals surface area (Å²) in [6, 6.07) is 7.59. The van der Waals surface area contributed by atoms with Gasteiger partial charge in [-0.3, -0.25) is 9.59 Å². The van der Waals surface area contributed by atoms with Crippen molar-refractivity contribution in [3.8, 4) is 0 Å². The maximum absolute atomic E-state index is 12.6. The van der Waals surface area contributed by atoms with Crippen LogP contribution in [0.4, 0.5) is 5.13 Å². The Morgan fingerprint density at radius 1 is 1.15 bits per heavy atom. The third kappa shape index (κ3) is 5.39. The normalized spacial score (nSPS) is 14.7. The van der Waals surface area contributed by atoms with Gasteiger partial charge in [0.2, 0.25) is 11.7 Å². The molecule has 1 aromatic carbocycles. The number of amides is 1. The van der Waals surface area contributed by atoms with E-state index in [9.17, 15) is 9.59 Å². The van der Waals surface area contributed by atoms with E-state index in [1.54, 1.807) is 6.20 Å². The second kappa shape index (κ2) is 9.65. The lowest BCUT2D eigenvalue weighted by Gasteiger charge is -2.20. The molecule has 1 saturated carbocycles. The maximum atomic E-state index is 12.6. The summed E-state index contributed by atoms with van der Waals surface area (Å²) < 4.78 is 0. The molecule has 1 fully saturated rings. The number of rotatable bonds is 8. The molecule has 1 aliphatic rings. The molecular formula is C21H27N3O2S. The first-order valence-electron chi connectivity index (χ1n) is 9.73. The van der Waals surface area contributed by atoms with Crippen LogP contribution < -0.4 is 10.6 Å². The summed E-state index contributed by atoms with van der Waals surface area (Å²) in [7, 11) is 0. The van der Waals surface area contributed by atoms with Crippen LogP contribution in [-0.2, 0) is 4.79 Å². The van der Waals surface area contributed by atoms with E-state index in [1.165, 1.54) is 30.6 Å². The Balaban J connectivity index is 1.40. The summed E-state index contributed by atoms with van der Waals surface area (Å²) in [4.78, 5) is 29.6. The smallest absolute Gasteiger partial charge is 0.223 e. The average molecular weight is 386 g/mol. The first-order chi connectivity index (χ1) is 13.1. The van der Waals surface area contributed by atoms with Gasteiger partial charge in [-0.25, -0.2) is 4.98 Å². The SMILES string of the molecule is Cc1ccccc1C(=O)c1cnc(NCCCNC(=O)C2CCCCC2)s1. The molecule has 2 N–H and O–H groups in total. The van der Waals surface area contributed by atoms with Gasteiger partial charge in [-0.05, 0) is 31.7 Å². The van der Waals surface area contributed by atoms with Gasteiger partial charge in [0.1, 0.15) is 0 Å². The molecule has 0 aliphatic heterocycles. The third-order valence-corrected chi connectivity index (χ3v) is 5.98. The molecule has 0 bridgehead atoms. The third-order valence-electron chi connectivity index (χ3n) is 5.02. The minimum absolute atomic E-state index is 0.0124. The van der Waals surface area contributed by atoms with Crippen LogP contribution in [0.5, 0.6) is 0 Å². The highest BCUT2D eigenvalue weighted by Crippen LogP contribution is 2.24. The van der Waals surface area contributed by atoms with E-state index in [2.05, 4.69) is 15.6 Å². The van der Waals surface area contributed by atoms with E-state index in [4.69, 9.17) is 0 Å². The van der Waals surface area contributed by atoms with Crippen molar-refractivity contribution in [1.82, 2.24) is 10.3 Å². The van der Waals surface area contributed by atoms with Crippen LogP contribution in [0.2, 0.25) is 0 Å². The average Bonchev–Trinajstić information content (AvgIpc) is 3.17. The number of hydrogen-bond donors (Lipinski definition) is 2. The monoisotopic (exact) mass is 385 g/mol. The number of carbonyl (C=O) groups excluding carboxylic acids is 2. The van der Waals surface area contributed by atoms with Gasteiger partial charge < -0.3 is 10.6 Å². The largest absolute Gasteiger partial charge is 0.361 e. The Hall–Kier alpha value is -2.21. The predicted molar refractivity (Wildman–Crippen MR) is 109 cm³/mol. The van der Waals surface area contributed by atoms with Gasteiger partial charge >= 0.3 is 0 Å². The number of thiazole rings is 1. The van der Waals surface area contributed by atoms with Crippen LogP contribution in [0.25, 0.3) is 0 Å². The fourth-order valence-corrected chi connectivity index (χ4v) is 4.22. The Bertz CT molecular complexity index is 781. The highest BCUT2D eigenvalue weighted by Gasteiger charge is 2.20. The molecule has 27 heavy (non-hydrogen) atoms. The number of aryl methyl sites for hydroxylation is 1. The molecule has 1 amide bonds. The standard InChI is InChI=1S/C21H27N3O2S/c1-15-8-5-6-11-17(15)19(25)18-14-24-21(27-18)23-13-7-12-22-20(26)16-9-3-2-4-10-16/h5-6,8,11,14,16H,2-4,7,9-10,12-13H2,1H3,(H,22,26)(H,23,24). The van der Waals surface area contributed by atoms with Crippen molar-refractivity contribution < 1.29 is 9.59 Å². The Labute approximate surface area is 164 Å². The number of ketones is 1. The van der Waals surface area contributed by atoms with Gasteiger partial charge in [0.05, 0.1) is 11.1 Å². The lowest BCUT2D eigenvalue weighted by molar-refractivity contribution is -0.125. The van der Waals surface area contributed by atoms with Crippen molar-refractivity contribution in [1.29, 1.82) is 0 Å². The molecule has 1 aliphatic carbocycles. The van der Waals surface area contributed by atoms with E-state index < -0.39 is 0 Å². The van der Waals surface area contributed by atoms with Crippen molar-refractivity contribution in [3.63, 3.8) is 0 Å². The van der Waals surface area contributed by atoms with E-state index in [0.717, 1.165) is 42.1 Å². The van der Waals surface area contributed by atoms with Crippen LogP contribution >= 0.6 is 11.3 Å². The van der Waals surface area contributed by atoms with Crippen molar-refractivity contribution in [2.45, 2.75) is 45.4 Å². The molecule has 6 heteroatoms. The first-order valence-corrected chi connectivity index (χ1v) is 10.5. The van der Waals surface area contributed by atoms with Crippen LogP contribution in [0.1, 0.15) is 59.3 Å². The van der Waals surface area contributed by atoms with Gasteiger partial charge in [0.25, 0.3) is 0 Å². The number of carbonyl (C=O) groups is 2. The lowest BCUT2D eigenvalue weighted by atomic mass is 9.89. The molecule has 0 saturated heterocycles. The second-order valence-corrected chi connectivity index (χ2v) is 8.11. The quantitative estimate of drug-likeness (QED) is 0.528. The molecule has 5 nitrogen and oxygen atoms in total. The zero-order valence-electron chi connectivity index (χ0n) is 15.8. The summed E-state index contributed by atoms with van der Waals surface area (Å²) in [6.45, 7) is 3.33. The molecule has 2 aromatic rings. The van der Waals surface area contributed by atoms with E-state index >= 15 is 0 Å². The number of nitrogens with zero attached hydrogens (tertiary/aromatic N) is 1. The van der Waals surface area contributed by atoms with Crippen LogP contribution in [0, 0.1) is 12.8 Å². The summed E-state index contributed by atoms with van der Waals surface area (Å²) >= 11 is 1.37. The topological polar surface area (TPSA) is 71.1 Å². The molecule has 0 unspecified atom stereocenters. The number of hydrogen-bond acceptors (Lipinski definition) is 5. The molecular weight excluding hydrogens is 358 g/mol. The van der Waals surface area contributed by atoms with E-state index in [1.807, 2.05) is 31.2 Å². The summed E-state index contributed by atoms with van der Waals surface area (Å²) in [5, 5.41) is 7.02. The zero-order chi connectivity index (χ0) is 19.1. The number of aromatic nitrogens is 1. The number of nitrogens with one attached hydrogen (secondary N) is 2. The molecule has 0 radical (unpaired) electrons. The Morgan fingerprint density at radius 3 is 2.70 bits per heavy atom. The molecule has 1 heterocycles. The van der Waals surface area contributed by atoms with Gasteiger partial charge in [0, 0.05) is 24.6 Å². The van der Waals surface area contributed by atoms with Crippen molar-refractivity contribution in [2.75, 3.05) is 18.4 Å². The molecule has 3 rings (SSSR count). The summed E-state index contributed by atoms with van der Waals surface area (Å²) in [5.41, 5.74) is 1.69. The minimum atomic E-state index is 0.0124. The number of benzene rings is 1. The fourth-order valence-electron chi connectivity index (χ4n) is 3.43. The fraction of sp³-hybridized carbons (Fsp3) is 0.476. The van der Waals surface area contributed by atoms with Crippen molar-refractivity contribution in [2.24, 2.45) is 5.92 Å². The Kier molecular flexibility index (Phi) is 6.98. The van der Waals surface area contributed by atoms with Gasteiger partial charge in [0.15, 0.2) is 5.13 Å². The predicted octanol–water partition coefficient (Wildman–Crippen LogP) is 4.18. The molecule has 1 aromatic heterocycles. The lowest BCUT2D eigenvalue weighted by Crippen LogP contribution is -2.33. The van der Waals surface area contributed by atoms with Crippen molar-refractivity contribution in [3.05, 3.63) is 46.5 Å². The van der Waals surface area contributed by atoms with Gasteiger partial charge in [-0.1, -0.05) is 54.9 Å². The first kappa shape index (κ1) is 19.5. The highest BCUT2D eigenvalue weighted by molar-refractivity contribution is 7.17.